The third-order valence-electron chi connectivity index (χ3n) is 2.54. The molecule has 4 heteroatoms. The average molecular weight is 265 g/mol. The smallest absolute Gasteiger partial charge is 0.306 e. The monoisotopic (exact) mass is 265 g/mol. The Morgan fingerprint density at radius 1 is 1.21 bits per heavy atom. The van der Waals surface area contributed by atoms with Crippen LogP contribution in [0.3, 0.4) is 0 Å². The van der Waals surface area contributed by atoms with Crippen LogP contribution in [0, 0.1) is 0 Å². The summed E-state index contributed by atoms with van der Waals surface area (Å²) in [6.07, 6.45) is 0.940. The maximum atomic E-state index is 11.5. The number of ether oxygens (including phenoxy) is 2. The van der Waals surface area contributed by atoms with E-state index in [2.05, 4.69) is 0 Å². The summed E-state index contributed by atoms with van der Waals surface area (Å²) >= 11 is 0. The van der Waals surface area contributed by atoms with Crippen molar-refractivity contribution in [1.29, 1.82) is 0 Å². The molecule has 4 nitrogen and oxygen atoms in total. The number of para-hydroxylation sites is 1. The molecular formula is C15H23NO3. The number of carbonyl (C=O) groups excluding carboxylic acids is 1. The highest BCUT2D eigenvalue weighted by Gasteiger charge is 2.10. The number of esters is 1. The Labute approximate surface area is 114 Å². The van der Waals surface area contributed by atoms with Crippen molar-refractivity contribution in [2.24, 2.45) is 0 Å². The molecule has 0 fully saturated rings. The van der Waals surface area contributed by atoms with Crippen molar-refractivity contribution in [1.82, 2.24) is 0 Å². The molecule has 1 aromatic carbocycles. The second kappa shape index (κ2) is 7.14. The zero-order valence-corrected chi connectivity index (χ0v) is 11.9. The summed E-state index contributed by atoms with van der Waals surface area (Å²) in [4.78, 5) is 11.5. The van der Waals surface area contributed by atoms with E-state index in [9.17, 15) is 4.79 Å². The van der Waals surface area contributed by atoms with Gasteiger partial charge in [-0.15, -0.1) is 0 Å². The molecule has 0 aromatic heterocycles. The van der Waals surface area contributed by atoms with E-state index >= 15 is 0 Å². The van der Waals surface area contributed by atoms with Crippen molar-refractivity contribution >= 4 is 11.7 Å². The Balaban J connectivity index is 2.20. The molecule has 2 N–H and O–H groups in total. The molecule has 0 saturated carbocycles. The summed E-state index contributed by atoms with van der Waals surface area (Å²) < 4.78 is 10.6. The van der Waals surface area contributed by atoms with Crippen LogP contribution < -0.4 is 5.73 Å². The van der Waals surface area contributed by atoms with Crippen molar-refractivity contribution in [3.05, 3.63) is 29.8 Å². The van der Waals surface area contributed by atoms with Crippen LogP contribution in [-0.2, 0) is 20.7 Å². The van der Waals surface area contributed by atoms with Gasteiger partial charge in [-0.25, -0.2) is 0 Å². The number of aryl methyl sites for hydroxylation is 1. The Bertz CT molecular complexity index is 410. The predicted molar refractivity (Wildman–Crippen MR) is 75.8 cm³/mol. The summed E-state index contributed by atoms with van der Waals surface area (Å²) in [5.74, 6) is -0.222. The molecule has 0 atom stereocenters. The van der Waals surface area contributed by atoms with E-state index in [1.165, 1.54) is 0 Å². The van der Waals surface area contributed by atoms with Crippen LogP contribution in [0.4, 0.5) is 5.69 Å². The lowest BCUT2D eigenvalue weighted by Crippen LogP contribution is -2.22. The first-order chi connectivity index (χ1) is 8.88. The Morgan fingerprint density at radius 3 is 2.53 bits per heavy atom. The number of benzene rings is 1. The van der Waals surface area contributed by atoms with Gasteiger partial charge in [0.05, 0.1) is 12.2 Å². The molecule has 0 bridgehead atoms. The molecule has 0 aliphatic carbocycles. The molecule has 0 heterocycles. The second-order valence-electron chi connectivity index (χ2n) is 5.38. The van der Waals surface area contributed by atoms with Crippen LogP contribution in [-0.4, -0.2) is 24.8 Å². The van der Waals surface area contributed by atoms with E-state index in [0.717, 1.165) is 5.56 Å². The van der Waals surface area contributed by atoms with Crippen LogP contribution in [0.1, 0.15) is 32.8 Å². The van der Waals surface area contributed by atoms with Crippen LogP contribution in [0.15, 0.2) is 24.3 Å². The van der Waals surface area contributed by atoms with Gasteiger partial charge in [0.15, 0.2) is 0 Å². The SMILES string of the molecule is CC(C)(C)OCCOC(=O)CCc1ccccc1N. The molecule has 0 amide bonds. The molecule has 0 radical (unpaired) electrons. The van der Waals surface area contributed by atoms with Gasteiger partial charge >= 0.3 is 5.97 Å². The summed E-state index contributed by atoms with van der Waals surface area (Å²) in [6.45, 7) is 6.61. The van der Waals surface area contributed by atoms with Gasteiger partial charge in [0.1, 0.15) is 6.61 Å². The number of rotatable bonds is 6. The van der Waals surface area contributed by atoms with Gasteiger partial charge in [0.25, 0.3) is 0 Å². The number of hydrogen-bond acceptors (Lipinski definition) is 4. The number of nitrogen functional groups attached to an aromatic ring is 1. The highest BCUT2D eigenvalue weighted by molar-refractivity contribution is 5.70. The summed E-state index contributed by atoms with van der Waals surface area (Å²) in [5.41, 5.74) is 7.29. The first-order valence-electron chi connectivity index (χ1n) is 6.51. The number of carbonyl (C=O) groups is 1. The molecule has 106 valence electrons. The first-order valence-corrected chi connectivity index (χ1v) is 6.51. The third-order valence-corrected chi connectivity index (χ3v) is 2.54. The van der Waals surface area contributed by atoms with Crippen molar-refractivity contribution in [3.8, 4) is 0 Å². The molecule has 19 heavy (non-hydrogen) atoms. The number of hydrogen-bond donors (Lipinski definition) is 1. The lowest BCUT2D eigenvalue weighted by molar-refractivity contribution is -0.146. The van der Waals surface area contributed by atoms with E-state index in [1.807, 2.05) is 45.0 Å². The molecule has 0 unspecified atom stereocenters. The predicted octanol–water partition coefficient (Wildman–Crippen LogP) is 2.56. The van der Waals surface area contributed by atoms with Crippen LogP contribution in [0.2, 0.25) is 0 Å². The van der Waals surface area contributed by atoms with Gasteiger partial charge in [0, 0.05) is 12.1 Å². The quantitative estimate of drug-likeness (QED) is 0.488. The lowest BCUT2D eigenvalue weighted by Gasteiger charge is -2.19. The maximum absolute atomic E-state index is 11.5. The molecule has 1 rings (SSSR count). The van der Waals surface area contributed by atoms with Gasteiger partial charge in [-0.3, -0.25) is 4.79 Å². The van der Waals surface area contributed by atoms with Crippen molar-refractivity contribution in [3.63, 3.8) is 0 Å². The molecule has 1 aromatic rings. The zero-order chi connectivity index (χ0) is 14.3. The highest BCUT2D eigenvalue weighted by atomic mass is 16.6. The highest BCUT2D eigenvalue weighted by Crippen LogP contribution is 2.13. The average Bonchev–Trinajstić information content (AvgIpc) is 2.32. The zero-order valence-electron chi connectivity index (χ0n) is 11.9. The Hall–Kier alpha value is -1.55. The van der Waals surface area contributed by atoms with Gasteiger partial charge in [-0.2, -0.15) is 0 Å². The topological polar surface area (TPSA) is 61.5 Å². The minimum absolute atomic E-state index is 0.203. The standard InChI is InChI=1S/C15H23NO3/c1-15(2,3)19-11-10-18-14(17)9-8-12-6-4-5-7-13(12)16/h4-7H,8-11,16H2,1-3H3. The van der Waals surface area contributed by atoms with Crippen LogP contribution in [0.5, 0.6) is 0 Å². The normalized spacial score (nSPS) is 11.3. The van der Waals surface area contributed by atoms with E-state index in [-0.39, 0.29) is 11.6 Å². The van der Waals surface area contributed by atoms with E-state index in [4.69, 9.17) is 15.2 Å². The molecule has 0 aliphatic heterocycles. The van der Waals surface area contributed by atoms with Gasteiger partial charge in [-0.05, 0) is 38.8 Å². The minimum Gasteiger partial charge on any atom is -0.463 e. The van der Waals surface area contributed by atoms with Crippen LogP contribution in [0.25, 0.3) is 0 Å². The molecular weight excluding hydrogens is 242 g/mol. The summed E-state index contributed by atoms with van der Waals surface area (Å²) in [6, 6.07) is 7.54. The summed E-state index contributed by atoms with van der Waals surface area (Å²) in [5, 5.41) is 0. The van der Waals surface area contributed by atoms with E-state index in [0.29, 0.717) is 31.7 Å². The number of nitrogens with two attached hydrogens (primary N) is 1. The van der Waals surface area contributed by atoms with Crippen molar-refractivity contribution in [2.45, 2.75) is 39.2 Å². The Morgan fingerprint density at radius 2 is 1.89 bits per heavy atom. The van der Waals surface area contributed by atoms with Crippen molar-refractivity contribution in [2.75, 3.05) is 18.9 Å². The minimum atomic E-state index is -0.222. The largest absolute Gasteiger partial charge is 0.463 e. The van der Waals surface area contributed by atoms with E-state index < -0.39 is 0 Å². The fourth-order valence-corrected chi connectivity index (χ4v) is 1.57. The van der Waals surface area contributed by atoms with Crippen molar-refractivity contribution < 1.29 is 14.3 Å². The van der Waals surface area contributed by atoms with Crippen LogP contribution >= 0.6 is 0 Å². The molecule has 0 spiro atoms. The Kier molecular flexibility index (Phi) is 5.83. The van der Waals surface area contributed by atoms with E-state index in [1.54, 1.807) is 0 Å². The fourth-order valence-electron chi connectivity index (χ4n) is 1.57. The van der Waals surface area contributed by atoms with Gasteiger partial charge < -0.3 is 15.2 Å². The molecule has 0 aliphatic rings. The lowest BCUT2D eigenvalue weighted by atomic mass is 10.1. The first kappa shape index (κ1) is 15.5. The summed E-state index contributed by atoms with van der Waals surface area (Å²) in [7, 11) is 0. The maximum Gasteiger partial charge on any atom is 0.306 e. The fraction of sp³-hybridized carbons (Fsp3) is 0.533. The van der Waals surface area contributed by atoms with Gasteiger partial charge in [-0.1, -0.05) is 18.2 Å². The van der Waals surface area contributed by atoms with Gasteiger partial charge in [0.2, 0.25) is 0 Å². The number of anilines is 1. The molecule has 0 saturated heterocycles. The second-order valence-corrected chi connectivity index (χ2v) is 5.38. The third kappa shape index (κ3) is 6.82.